The number of nitrogens with zero attached hydrogens (tertiary/aromatic N) is 1. The van der Waals surface area contributed by atoms with Crippen LogP contribution in [-0.4, -0.2) is 23.6 Å². The van der Waals surface area contributed by atoms with Crippen molar-refractivity contribution < 1.29 is 23.6 Å². The Morgan fingerprint density at radius 1 is 1.39 bits per heavy atom. The highest BCUT2D eigenvalue weighted by Crippen LogP contribution is 2.33. The molecule has 1 aromatic heterocycles. The van der Waals surface area contributed by atoms with Crippen LogP contribution in [0.1, 0.15) is 19.4 Å². The highest BCUT2D eigenvalue weighted by Gasteiger charge is 2.24. The summed E-state index contributed by atoms with van der Waals surface area (Å²) in [5.74, 6) is -0.815. The predicted octanol–water partition coefficient (Wildman–Crippen LogP) is 2.34. The van der Waals surface area contributed by atoms with Gasteiger partial charge in [-0.15, -0.1) is 0 Å². The maximum absolute atomic E-state index is 11.6. The third-order valence-electron chi connectivity index (χ3n) is 3.15. The Balaban J connectivity index is 2.53. The van der Waals surface area contributed by atoms with Gasteiger partial charge in [-0.25, -0.2) is 9.59 Å². The lowest BCUT2D eigenvalue weighted by molar-refractivity contribution is -0.385. The third kappa shape index (κ3) is 3.47. The van der Waals surface area contributed by atoms with Crippen LogP contribution in [-0.2, 0) is 9.53 Å². The predicted molar refractivity (Wildman–Crippen MR) is 80.6 cm³/mol. The molecule has 1 heterocycles. The molecule has 2 rings (SSSR count). The zero-order valence-corrected chi connectivity index (χ0v) is 12.8. The van der Waals surface area contributed by atoms with E-state index in [1.54, 1.807) is 13.8 Å². The Morgan fingerprint density at radius 2 is 2.09 bits per heavy atom. The number of aryl methyl sites for hydroxylation is 1. The summed E-state index contributed by atoms with van der Waals surface area (Å²) in [4.78, 5) is 33.7. The molecule has 0 aliphatic carbocycles. The van der Waals surface area contributed by atoms with E-state index in [2.05, 4.69) is 0 Å². The van der Waals surface area contributed by atoms with Gasteiger partial charge in [-0.2, -0.15) is 0 Å². The molecule has 0 aliphatic rings. The Labute approximate surface area is 130 Å². The number of fused-ring (bicyclic) bond motifs is 1. The molecule has 0 radical (unpaired) electrons. The lowest BCUT2D eigenvalue weighted by atomic mass is 10.1. The van der Waals surface area contributed by atoms with Crippen molar-refractivity contribution in [2.45, 2.75) is 26.9 Å². The molecular weight excluding hydrogens is 306 g/mol. The molecule has 8 heteroatoms. The van der Waals surface area contributed by atoms with Crippen LogP contribution in [0.4, 0.5) is 5.69 Å². The van der Waals surface area contributed by atoms with Gasteiger partial charge in [-0.3, -0.25) is 10.1 Å². The van der Waals surface area contributed by atoms with Crippen molar-refractivity contribution in [1.82, 2.24) is 0 Å². The lowest BCUT2D eigenvalue weighted by Gasteiger charge is -2.14. The van der Waals surface area contributed by atoms with Gasteiger partial charge in [-0.1, -0.05) is 0 Å². The van der Waals surface area contributed by atoms with E-state index in [0.29, 0.717) is 10.9 Å². The number of nitro groups is 1. The van der Waals surface area contributed by atoms with Crippen molar-refractivity contribution in [1.29, 1.82) is 0 Å². The number of rotatable bonds is 5. The first-order valence-electron chi connectivity index (χ1n) is 6.89. The molecule has 0 bridgehead atoms. The fourth-order valence-electron chi connectivity index (χ4n) is 2.07. The SMILES string of the molecule is CCOC(=O)[C@H](C)Oc1cc2oc(=O)cc(C)c2cc1[N+](=O)[O-]. The summed E-state index contributed by atoms with van der Waals surface area (Å²) < 4.78 is 15.2. The van der Waals surface area contributed by atoms with E-state index in [4.69, 9.17) is 13.9 Å². The summed E-state index contributed by atoms with van der Waals surface area (Å²) in [6, 6.07) is 3.73. The summed E-state index contributed by atoms with van der Waals surface area (Å²) in [6.07, 6.45) is -1.04. The monoisotopic (exact) mass is 321 g/mol. The molecule has 0 unspecified atom stereocenters. The van der Waals surface area contributed by atoms with Crippen LogP contribution in [0.25, 0.3) is 11.0 Å². The van der Waals surface area contributed by atoms with Crippen molar-refractivity contribution >= 4 is 22.6 Å². The Hall–Kier alpha value is -2.90. The smallest absolute Gasteiger partial charge is 0.347 e. The first kappa shape index (κ1) is 16.5. The summed E-state index contributed by atoms with van der Waals surface area (Å²) in [6.45, 7) is 4.87. The number of hydrogen-bond acceptors (Lipinski definition) is 7. The summed E-state index contributed by atoms with van der Waals surface area (Å²) in [5.41, 5.74) is -0.213. The van der Waals surface area contributed by atoms with Gasteiger partial charge >= 0.3 is 17.3 Å². The van der Waals surface area contributed by atoms with E-state index >= 15 is 0 Å². The second kappa shape index (κ2) is 6.47. The van der Waals surface area contributed by atoms with Gasteiger partial charge in [0.2, 0.25) is 5.75 Å². The normalized spacial score (nSPS) is 12.0. The van der Waals surface area contributed by atoms with Crippen molar-refractivity contribution in [2.75, 3.05) is 6.61 Å². The van der Waals surface area contributed by atoms with E-state index in [-0.39, 0.29) is 23.6 Å². The third-order valence-corrected chi connectivity index (χ3v) is 3.15. The quantitative estimate of drug-likeness (QED) is 0.360. The summed E-state index contributed by atoms with van der Waals surface area (Å²) >= 11 is 0. The lowest BCUT2D eigenvalue weighted by Crippen LogP contribution is -2.26. The van der Waals surface area contributed by atoms with E-state index in [1.165, 1.54) is 25.1 Å². The minimum Gasteiger partial charge on any atom is -0.472 e. The van der Waals surface area contributed by atoms with Crippen molar-refractivity contribution in [2.24, 2.45) is 0 Å². The second-order valence-electron chi connectivity index (χ2n) is 4.83. The van der Waals surface area contributed by atoms with Gasteiger partial charge in [0.05, 0.1) is 11.5 Å². The van der Waals surface area contributed by atoms with Gasteiger partial charge in [0.1, 0.15) is 5.58 Å². The van der Waals surface area contributed by atoms with Crippen LogP contribution < -0.4 is 10.4 Å². The summed E-state index contributed by atoms with van der Waals surface area (Å²) in [7, 11) is 0. The van der Waals surface area contributed by atoms with Gasteiger partial charge in [0.25, 0.3) is 0 Å². The van der Waals surface area contributed by atoms with Crippen molar-refractivity contribution in [3.63, 3.8) is 0 Å². The maximum Gasteiger partial charge on any atom is 0.347 e. The molecule has 122 valence electrons. The van der Waals surface area contributed by atoms with Crippen LogP contribution in [0.2, 0.25) is 0 Å². The second-order valence-corrected chi connectivity index (χ2v) is 4.83. The molecule has 0 N–H and O–H groups in total. The Bertz CT molecular complexity index is 824. The van der Waals surface area contributed by atoms with Gasteiger partial charge < -0.3 is 13.9 Å². The molecule has 0 spiro atoms. The van der Waals surface area contributed by atoms with Gasteiger partial charge in [0, 0.05) is 23.6 Å². The first-order chi connectivity index (χ1) is 10.8. The molecule has 0 fully saturated rings. The number of ether oxygens (including phenoxy) is 2. The van der Waals surface area contributed by atoms with E-state index in [1.807, 2.05) is 0 Å². The number of carbonyl (C=O) groups excluding carboxylic acids is 1. The number of nitro benzene ring substituents is 1. The number of carbonyl (C=O) groups is 1. The van der Waals surface area contributed by atoms with Crippen LogP contribution in [0.3, 0.4) is 0 Å². The minimum absolute atomic E-state index is 0.145. The Morgan fingerprint density at radius 3 is 2.70 bits per heavy atom. The first-order valence-corrected chi connectivity index (χ1v) is 6.89. The van der Waals surface area contributed by atoms with E-state index < -0.39 is 22.6 Å². The average Bonchev–Trinajstić information content (AvgIpc) is 2.46. The fourth-order valence-corrected chi connectivity index (χ4v) is 2.07. The average molecular weight is 321 g/mol. The summed E-state index contributed by atoms with van der Waals surface area (Å²) in [5, 5.41) is 11.7. The Kier molecular flexibility index (Phi) is 4.63. The highest BCUT2D eigenvalue weighted by atomic mass is 16.6. The van der Waals surface area contributed by atoms with Crippen molar-refractivity contribution in [3.8, 4) is 5.75 Å². The largest absolute Gasteiger partial charge is 0.472 e. The molecule has 0 saturated heterocycles. The highest BCUT2D eigenvalue weighted by molar-refractivity contribution is 5.85. The van der Waals surface area contributed by atoms with Gasteiger partial charge in [0.15, 0.2) is 6.10 Å². The van der Waals surface area contributed by atoms with Crippen LogP contribution in [0.5, 0.6) is 5.75 Å². The maximum atomic E-state index is 11.6. The van der Waals surface area contributed by atoms with Gasteiger partial charge in [-0.05, 0) is 26.3 Å². The van der Waals surface area contributed by atoms with Crippen LogP contribution >= 0.6 is 0 Å². The number of benzene rings is 1. The van der Waals surface area contributed by atoms with Crippen molar-refractivity contribution in [3.05, 3.63) is 44.3 Å². The topological polar surface area (TPSA) is 109 Å². The molecule has 8 nitrogen and oxygen atoms in total. The number of hydrogen-bond donors (Lipinski definition) is 0. The molecule has 23 heavy (non-hydrogen) atoms. The molecular formula is C15H15NO7. The molecule has 1 aromatic carbocycles. The van der Waals surface area contributed by atoms with Crippen LogP contribution in [0.15, 0.2) is 27.4 Å². The zero-order chi connectivity index (χ0) is 17.1. The number of esters is 1. The standard InChI is InChI=1S/C15H15NO7/c1-4-21-15(18)9(3)22-13-7-12-10(6-11(13)16(19)20)8(2)5-14(17)23-12/h5-7,9H,4H2,1-3H3/t9-/m0/s1. The van der Waals surface area contributed by atoms with E-state index in [9.17, 15) is 19.7 Å². The molecule has 0 aliphatic heterocycles. The molecule has 0 amide bonds. The van der Waals surface area contributed by atoms with Crippen LogP contribution in [0, 0.1) is 17.0 Å². The van der Waals surface area contributed by atoms with E-state index in [0.717, 1.165) is 0 Å². The fraction of sp³-hybridized carbons (Fsp3) is 0.333. The minimum atomic E-state index is -1.04. The molecule has 2 aromatic rings. The molecule has 0 saturated carbocycles. The molecule has 1 atom stereocenters. The zero-order valence-electron chi connectivity index (χ0n) is 12.8.